The molecule has 0 aliphatic heterocycles. The lowest BCUT2D eigenvalue weighted by molar-refractivity contribution is -0.140. The minimum Gasteiger partial charge on any atom is -0.294 e. The molecule has 1 aromatic rings. The fourth-order valence-corrected chi connectivity index (χ4v) is 1.55. The van der Waals surface area contributed by atoms with Crippen molar-refractivity contribution in [2.75, 3.05) is 0 Å². The normalized spacial score (nSPS) is 16.1. The Morgan fingerprint density at radius 2 is 1.76 bits per heavy atom. The van der Waals surface area contributed by atoms with Crippen LogP contribution in [0.15, 0.2) is 12.1 Å². The van der Waals surface area contributed by atoms with Crippen molar-refractivity contribution >= 4 is 5.78 Å². The standard InChI is InChI=1S/C11H7F5O/c12-7-4-3-6(11(14,15)16)9(13)8(7)10(17)5-1-2-5/h3-5H,1-2H2. The van der Waals surface area contributed by atoms with Gasteiger partial charge in [-0.3, -0.25) is 4.79 Å². The number of hydrogen-bond acceptors (Lipinski definition) is 1. The van der Waals surface area contributed by atoms with E-state index in [0.717, 1.165) is 0 Å². The van der Waals surface area contributed by atoms with Crippen molar-refractivity contribution < 1.29 is 26.7 Å². The predicted octanol–water partition coefficient (Wildman–Crippen LogP) is 3.58. The summed E-state index contributed by atoms with van der Waals surface area (Å²) in [5, 5.41) is 0. The molecule has 0 unspecified atom stereocenters. The molecule has 1 aliphatic rings. The Balaban J connectivity index is 2.54. The van der Waals surface area contributed by atoms with E-state index in [1.54, 1.807) is 0 Å². The predicted molar refractivity (Wildman–Crippen MR) is 48.4 cm³/mol. The van der Waals surface area contributed by atoms with E-state index >= 15 is 0 Å². The summed E-state index contributed by atoms with van der Waals surface area (Å²) in [6.45, 7) is 0. The first-order valence-electron chi connectivity index (χ1n) is 4.91. The molecule has 1 nitrogen and oxygen atoms in total. The van der Waals surface area contributed by atoms with Crippen LogP contribution in [0.2, 0.25) is 0 Å². The smallest absolute Gasteiger partial charge is 0.294 e. The van der Waals surface area contributed by atoms with Crippen LogP contribution in [0.1, 0.15) is 28.8 Å². The van der Waals surface area contributed by atoms with Gasteiger partial charge in [0.2, 0.25) is 0 Å². The van der Waals surface area contributed by atoms with Gasteiger partial charge in [0.25, 0.3) is 0 Å². The minimum atomic E-state index is -4.93. The van der Waals surface area contributed by atoms with Crippen LogP contribution in [0.5, 0.6) is 0 Å². The third-order valence-corrected chi connectivity index (χ3v) is 2.59. The van der Waals surface area contributed by atoms with E-state index < -0.39 is 40.6 Å². The molecule has 1 fully saturated rings. The summed E-state index contributed by atoms with van der Waals surface area (Å²) in [6.07, 6.45) is -4.00. The van der Waals surface area contributed by atoms with Crippen molar-refractivity contribution in [1.29, 1.82) is 0 Å². The Bertz CT molecular complexity index is 473. The Labute approximate surface area is 93.2 Å². The third-order valence-electron chi connectivity index (χ3n) is 2.59. The van der Waals surface area contributed by atoms with Crippen LogP contribution in [-0.4, -0.2) is 5.78 Å². The van der Waals surface area contributed by atoms with Gasteiger partial charge in [0.1, 0.15) is 11.6 Å². The molecular weight excluding hydrogens is 243 g/mol. The number of rotatable bonds is 2. The molecule has 0 aromatic heterocycles. The van der Waals surface area contributed by atoms with Crippen LogP contribution >= 0.6 is 0 Å². The number of Topliss-reactive ketones (excluding diaryl/α,β-unsaturated/α-hetero) is 1. The van der Waals surface area contributed by atoms with Gasteiger partial charge in [-0.25, -0.2) is 8.78 Å². The zero-order valence-corrected chi connectivity index (χ0v) is 8.44. The van der Waals surface area contributed by atoms with Crippen molar-refractivity contribution in [1.82, 2.24) is 0 Å². The van der Waals surface area contributed by atoms with E-state index in [9.17, 15) is 26.7 Å². The summed E-state index contributed by atoms with van der Waals surface area (Å²) in [5.41, 5.74) is -2.68. The molecule has 17 heavy (non-hydrogen) atoms. The third kappa shape index (κ3) is 2.16. The summed E-state index contributed by atoms with van der Waals surface area (Å²) in [5.74, 6) is -4.48. The van der Waals surface area contributed by atoms with Gasteiger partial charge >= 0.3 is 6.18 Å². The second kappa shape index (κ2) is 3.78. The summed E-state index contributed by atoms with van der Waals surface area (Å²) >= 11 is 0. The average molecular weight is 250 g/mol. The molecule has 0 heterocycles. The van der Waals surface area contributed by atoms with Gasteiger partial charge in [0, 0.05) is 5.92 Å². The second-order valence-corrected chi connectivity index (χ2v) is 3.92. The first-order valence-corrected chi connectivity index (χ1v) is 4.91. The number of alkyl halides is 3. The number of halogens is 5. The SMILES string of the molecule is O=C(c1c(F)ccc(C(F)(F)F)c1F)C1CC1. The molecule has 0 radical (unpaired) electrons. The molecule has 92 valence electrons. The highest BCUT2D eigenvalue weighted by atomic mass is 19.4. The van der Waals surface area contributed by atoms with Crippen LogP contribution in [0.4, 0.5) is 22.0 Å². The highest BCUT2D eigenvalue weighted by molar-refractivity contribution is 6.00. The van der Waals surface area contributed by atoms with E-state index in [1.807, 2.05) is 0 Å². The first-order chi connectivity index (χ1) is 7.82. The van der Waals surface area contributed by atoms with Crippen LogP contribution in [0.25, 0.3) is 0 Å². The molecule has 1 saturated carbocycles. The highest BCUT2D eigenvalue weighted by Crippen LogP contribution is 2.37. The topological polar surface area (TPSA) is 17.1 Å². The van der Waals surface area contributed by atoms with E-state index in [1.165, 1.54) is 0 Å². The molecule has 0 spiro atoms. The fourth-order valence-electron chi connectivity index (χ4n) is 1.55. The molecule has 0 amide bonds. The highest BCUT2D eigenvalue weighted by Gasteiger charge is 2.40. The molecule has 2 rings (SSSR count). The average Bonchev–Trinajstić information content (AvgIpc) is 2.97. The lowest BCUT2D eigenvalue weighted by Gasteiger charge is -2.11. The molecule has 1 aliphatic carbocycles. The quantitative estimate of drug-likeness (QED) is 0.579. The number of hydrogen-bond donors (Lipinski definition) is 0. The van der Waals surface area contributed by atoms with E-state index in [-0.39, 0.29) is 0 Å². The van der Waals surface area contributed by atoms with Crippen molar-refractivity contribution in [3.8, 4) is 0 Å². The summed E-state index contributed by atoms with van der Waals surface area (Å²) in [7, 11) is 0. The Morgan fingerprint density at radius 1 is 1.18 bits per heavy atom. The number of carbonyl (C=O) groups excluding carboxylic acids is 1. The molecule has 0 atom stereocenters. The molecule has 1 aromatic carbocycles. The minimum absolute atomic E-state index is 0.300. The van der Waals surface area contributed by atoms with Crippen LogP contribution in [0.3, 0.4) is 0 Å². The van der Waals surface area contributed by atoms with Gasteiger partial charge in [-0.2, -0.15) is 13.2 Å². The van der Waals surface area contributed by atoms with Crippen LogP contribution < -0.4 is 0 Å². The molecule has 0 N–H and O–H groups in total. The van der Waals surface area contributed by atoms with Crippen molar-refractivity contribution in [2.45, 2.75) is 19.0 Å². The molecule has 0 saturated heterocycles. The van der Waals surface area contributed by atoms with E-state index in [4.69, 9.17) is 0 Å². The Morgan fingerprint density at radius 3 is 2.24 bits per heavy atom. The summed E-state index contributed by atoms with van der Waals surface area (Å²) in [6, 6.07) is 0.774. The van der Waals surface area contributed by atoms with Gasteiger partial charge < -0.3 is 0 Å². The second-order valence-electron chi connectivity index (χ2n) is 3.92. The molecular formula is C11H7F5O. The van der Waals surface area contributed by atoms with Gasteiger partial charge in [-0.15, -0.1) is 0 Å². The molecule has 0 bridgehead atoms. The maximum atomic E-state index is 13.5. The Kier molecular flexibility index (Phi) is 2.67. The van der Waals surface area contributed by atoms with E-state index in [2.05, 4.69) is 0 Å². The zero-order valence-electron chi connectivity index (χ0n) is 8.44. The van der Waals surface area contributed by atoms with Crippen LogP contribution in [-0.2, 0) is 6.18 Å². The molecule has 6 heteroatoms. The van der Waals surface area contributed by atoms with E-state index in [0.29, 0.717) is 25.0 Å². The monoisotopic (exact) mass is 250 g/mol. The first kappa shape index (κ1) is 12.0. The maximum Gasteiger partial charge on any atom is 0.419 e. The largest absolute Gasteiger partial charge is 0.419 e. The zero-order chi connectivity index (χ0) is 12.8. The lowest BCUT2D eigenvalue weighted by Crippen LogP contribution is -2.15. The van der Waals surface area contributed by atoms with Crippen molar-refractivity contribution in [3.63, 3.8) is 0 Å². The van der Waals surface area contributed by atoms with Gasteiger partial charge in [-0.1, -0.05) is 0 Å². The Hall–Kier alpha value is -1.46. The number of benzene rings is 1. The maximum absolute atomic E-state index is 13.5. The van der Waals surface area contributed by atoms with Crippen molar-refractivity contribution in [3.05, 3.63) is 34.9 Å². The number of ketones is 1. The van der Waals surface area contributed by atoms with Crippen LogP contribution in [0, 0.1) is 17.6 Å². The lowest BCUT2D eigenvalue weighted by atomic mass is 10.0. The summed E-state index contributed by atoms with van der Waals surface area (Å²) in [4.78, 5) is 11.5. The summed E-state index contributed by atoms with van der Waals surface area (Å²) < 4.78 is 63.8. The fraction of sp³-hybridized carbons (Fsp3) is 0.364. The van der Waals surface area contributed by atoms with Gasteiger partial charge in [0.15, 0.2) is 5.78 Å². The van der Waals surface area contributed by atoms with Crippen molar-refractivity contribution in [2.24, 2.45) is 5.92 Å². The number of carbonyl (C=O) groups is 1. The van der Waals surface area contributed by atoms with Gasteiger partial charge in [0.05, 0.1) is 11.1 Å². The van der Waals surface area contributed by atoms with Gasteiger partial charge in [-0.05, 0) is 25.0 Å².